The Balaban J connectivity index is 2.82. The Labute approximate surface area is 131 Å². The number of nitrogens with one attached hydrogen (secondary N) is 1. The number of carbonyl (C=O) groups excluding carboxylic acids is 2. The zero-order valence-corrected chi connectivity index (χ0v) is 13.6. The Kier molecular flexibility index (Phi) is 6.58. The van der Waals surface area contributed by atoms with Gasteiger partial charge in [-0.05, 0) is 25.0 Å². The SMILES string of the molecule is Cc1cccc(C(=O)NC(C(=O)N(C)CCC#N)C(C)C)c1. The number of carbonyl (C=O) groups is 2. The van der Waals surface area contributed by atoms with Crippen LogP contribution in [0.15, 0.2) is 24.3 Å². The summed E-state index contributed by atoms with van der Waals surface area (Å²) in [6.45, 7) is 6.05. The van der Waals surface area contributed by atoms with E-state index >= 15 is 0 Å². The summed E-state index contributed by atoms with van der Waals surface area (Å²) in [6.07, 6.45) is 0.277. The predicted molar refractivity (Wildman–Crippen MR) is 85.1 cm³/mol. The minimum absolute atomic E-state index is 0.0363. The molecule has 0 fully saturated rings. The van der Waals surface area contributed by atoms with Crippen LogP contribution in [0.4, 0.5) is 0 Å². The molecule has 0 saturated heterocycles. The first-order valence-electron chi connectivity index (χ1n) is 7.36. The van der Waals surface area contributed by atoms with Crippen molar-refractivity contribution >= 4 is 11.8 Å². The Bertz CT molecular complexity index is 576. The van der Waals surface area contributed by atoms with Crippen molar-refractivity contribution in [2.45, 2.75) is 33.2 Å². The fraction of sp³-hybridized carbons (Fsp3) is 0.471. The van der Waals surface area contributed by atoms with Gasteiger partial charge in [-0.3, -0.25) is 9.59 Å². The maximum Gasteiger partial charge on any atom is 0.251 e. The van der Waals surface area contributed by atoms with Gasteiger partial charge >= 0.3 is 0 Å². The Morgan fingerprint density at radius 3 is 2.59 bits per heavy atom. The van der Waals surface area contributed by atoms with Crippen molar-refractivity contribution in [1.29, 1.82) is 5.26 Å². The second-order valence-corrected chi connectivity index (χ2v) is 5.73. The third-order valence-electron chi connectivity index (χ3n) is 3.43. The molecule has 0 aliphatic rings. The fourth-order valence-corrected chi connectivity index (χ4v) is 2.09. The molecule has 5 heteroatoms. The molecule has 1 N–H and O–H groups in total. The van der Waals surface area contributed by atoms with Crippen LogP contribution in [-0.4, -0.2) is 36.3 Å². The summed E-state index contributed by atoms with van der Waals surface area (Å²) in [5.74, 6) is -0.471. The van der Waals surface area contributed by atoms with Gasteiger partial charge in [0.1, 0.15) is 6.04 Å². The third-order valence-corrected chi connectivity index (χ3v) is 3.43. The van der Waals surface area contributed by atoms with Crippen molar-refractivity contribution in [2.24, 2.45) is 5.92 Å². The molecule has 118 valence electrons. The highest BCUT2D eigenvalue weighted by molar-refractivity contribution is 5.97. The number of amides is 2. The van der Waals surface area contributed by atoms with Crippen molar-refractivity contribution in [1.82, 2.24) is 10.2 Å². The molecule has 0 bridgehead atoms. The lowest BCUT2D eigenvalue weighted by molar-refractivity contribution is -0.132. The van der Waals surface area contributed by atoms with Crippen LogP contribution in [0.1, 0.15) is 36.2 Å². The van der Waals surface area contributed by atoms with Crippen LogP contribution in [-0.2, 0) is 4.79 Å². The number of nitriles is 1. The largest absolute Gasteiger partial charge is 0.343 e. The van der Waals surface area contributed by atoms with Gasteiger partial charge in [0.2, 0.25) is 5.91 Å². The quantitative estimate of drug-likeness (QED) is 0.874. The standard InChI is InChI=1S/C17H23N3O2/c1-12(2)15(17(22)20(4)10-6-9-18)19-16(21)14-8-5-7-13(3)11-14/h5,7-8,11-12,15H,6,10H2,1-4H3,(H,19,21). The zero-order valence-electron chi connectivity index (χ0n) is 13.6. The van der Waals surface area contributed by atoms with Gasteiger partial charge in [0.25, 0.3) is 5.91 Å². The Hall–Kier alpha value is -2.35. The van der Waals surface area contributed by atoms with Gasteiger partial charge in [0.15, 0.2) is 0 Å². The molecule has 1 aromatic rings. The lowest BCUT2D eigenvalue weighted by Crippen LogP contribution is -2.50. The van der Waals surface area contributed by atoms with Gasteiger partial charge < -0.3 is 10.2 Å². The van der Waals surface area contributed by atoms with Crippen LogP contribution < -0.4 is 5.32 Å². The molecule has 0 heterocycles. The summed E-state index contributed by atoms with van der Waals surface area (Å²) in [5, 5.41) is 11.4. The van der Waals surface area contributed by atoms with Crippen LogP contribution in [0, 0.1) is 24.2 Å². The molecule has 0 spiro atoms. The van der Waals surface area contributed by atoms with Gasteiger partial charge in [0.05, 0.1) is 12.5 Å². The minimum atomic E-state index is -0.600. The average molecular weight is 301 g/mol. The summed E-state index contributed by atoms with van der Waals surface area (Å²) < 4.78 is 0. The molecule has 0 saturated carbocycles. The first kappa shape index (κ1) is 17.7. The van der Waals surface area contributed by atoms with Crippen molar-refractivity contribution in [3.8, 4) is 6.07 Å². The molecule has 1 aromatic carbocycles. The fourth-order valence-electron chi connectivity index (χ4n) is 2.09. The van der Waals surface area contributed by atoms with Crippen molar-refractivity contribution in [2.75, 3.05) is 13.6 Å². The van der Waals surface area contributed by atoms with E-state index in [1.807, 2.05) is 39.0 Å². The number of benzene rings is 1. The summed E-state index contributed by atoms with van der Waals surface area (Å²) >= 11 is 0. The Morgan fingerprint density at radius 2 is 2.05 bits per heavy atom. The molecule has 22 heavy (non-hydrogen) atoms. The predicted octanol–water partition coefficient (Wildman–Crippen LogP) is 2.12. The van der Waals surface area contributed by atoms with Crippen molar-refractivity contribution < 1.29 is 9.59 Å². The van der Waals surface area contributed by atoms with Crippen LogP contribution in [0.3, 0.4) is 0 Å². The highest BCUT2D eigenvalue weighted by atomic mass is 16.2. The lowest BCUT2D eigenvalue weighted by Gasteiger charge is -2.26. The van der Waals surface area contributed by atoms with E-state index in [9.17, 15) is 9.59 Å². The molecule has 1 rings (SSSR count). The summed E-state index contributed by atoms with van der Waals surface area (Å²) in [5.41, 5.74) is 1.53. The molecule has 0 radical (unpaired) electrons. The second-order valence-electron chi connectivity index (χ2n) is 5.73. The van der Waals surface area contributed by atoms with Crippen LogP contribution in [0.25, 0.3) is 0 Å². The van der Waals surface area contributed by atoms with Crippen LogP contribution in [0.5, 0.6) is 0 Å². The van der Waals surface area contributed by atoms with Crippen molar-refractivity contribution in [3.05, 3.63) is 35.4 Å². The summed E-state index contributed by atoms with van der Waals surface area (Å²) in [7, 11) is 1.65. The second kappa shape index (κ2) is 8.18. The van der Waals surface area contributed by atoms with E-state index in [1.165, 1.54) is 4.90 Å². The number of nitrogens with zero attached hydrogens (tertiary/aromatic N) is 2. The van der Waals surface area contributed by atoms with Crippen LogP contribution in [0.2, 0.25) is 0 Å². The van der Waals surface area contributed by atoms with E-state index in [0.717, 1.165) is 5.56 Å². The third kappa shape index (κ3) is 4.88. The Morgan fingerprint density at radius 1 is 1.36 bits per heavy atom. The van der Waals surface area contributed by atoms with Gasteiger partial charge in [-0.2, -0.15) is 5.26 Å². The molecule has 0 aliphatic heterocycles. The van der Waals surface area contributed by atoms with Gasteiger partial charge in [-0.15, -0.1) is 0 Å². The van der Waals surface area contributed by atoms with Gasteiger partial charge in [-0.25, -0.2) is 0 Å². The minimum Gasteiger partial charge on any atom is -0.343 e. The lowest BCUT2D eigenvalue weighted by atomic mass is 10.0. The smallest absolute Gasteiger partial charge is 0.251 e. The molecule has 0 aliphatic carbocycles. The molecule has 2 amide bonds. The first-order valence-corrected chi connectivity index (χ1v) is 7.36. The first-order chi connectivity index (χ1) is 10.4. The zero-order chi connectivity index (χ0) is 16.7. The molecular weight excluding hydrogens is 278 g/mol. The molecule has 1 atom stereocenters. The molecule has 0 aromatic heterocycles. The van der Waals surface area contributed by atoms with E-state index in [2.05, 4.69) is 5.32 Å². The summed E-state index contributed by atoms with van der Waals surface area (Å²) in [6, 6.07) is 8.66. The van der Waals surface area contributed by atoms with Crippen molar-refractivity contribution in [3.63, 3.8) is 0 Å². The van der Waals surface area contributed by atoms with Gasteiger partial charge in [0, 0.05) is 19.2 Å². The van der Waals surface area contributed by atoms with E-state index in [4.69, 9.17) is 5.26 Å². The van der Waals surface area contributed by atoms with E-state index in [0.29, 0.717) is 12.1 Å². The topological polar surface area (TPSA) is 73.2 Å². The molecular formula is C17H23N3O2. The maximum atomic E-state index is 12.4. The van der Waals surface area contributed by atoms with E-state index in [-0.39, 0.29) is 24.2 Å². The number of hydrogen-bond donors (Lipinski definition) is 1. The maximum absolute atomic E-state index is 12.4. The monoisotopic (exact) mass is 301 g/mol. The normalized spacial score (nSPS) is 11.6. The molecule has 1 unspecified atom stereocenters. The van der Waals surface area contributed by atoms with Crippen LogP contribution >= 0.6 is 0 Å². The number of aryl methyl sites for hydroxylation is 1. The number of likely N-dealkylation sites (N-methyl/N-ethyl adjacent to an activating group) is 1. The molecule has 5 nitrogen and oxygen atoms in total. The highest BCUT2D eigenvalue weighted by Gasteiger charge is 2.27. The summed E-state index contributed by atoms with van der Waals surface area (Å²) in [4.78, 5) is 26.2. The van der Waals surface area contributed by atoms with Gasteiger partial charge in [-0.1, -0.05) is 31.5 Å². The number of rotatable bonds is 6. The van der Waals surface area contributed by atoms with E-state index < -0.39 is 6.04 Å². The average Bonchev–Trinajstić information content (AvgIpc) is 2.48. The van der Waals surface area contributed by atoms with E-state index in [1.54, 1.807) is 19.2 Å². The highest BCUT2D eigenvalue weighted by Crippen LogP contribution is 2.09. The number of hydrogen-bond acceptors (Lipinski definition) is 3.